The van der Waals surface area contributed by atoms with Crippen molar-refractivity contribution in [1.82, 2.24) is 9.80 Å². The molecular weight excluding hydrogens is 244 g/mol. The fourth-order valence-electron chi connectivity index (χ4n) is 3.13. The van der Waals surface area contributed by atoms with Crippen LogP contribution in [-0.2, 0) is 11.3 Å². The van der Waals surface area contributed by atoms with Gasteiger partial charge in [-0.1, -0.05) is 30.3 Å². The van der Waals surface area contributed by atoms with E-state index >= 15 is 0 Å². The van der Waals surface area contributed by atoms with E-state index in [1.54, 1.807) is 4.90 Å². The summed E-state index contributed by atoms with van der Waals surface area (Å²) in [6.07, 6.45) is 0.450. The summed E-state index contributed by atoms with van der Waals surface area (Å²) < 4.78 is 0. The monoisotopic (exact) mass is 260 g/mol. The Morgan fingerprint density at radius 2 is 2.05 bits per heavy atom. The number of nitrogens with zero attached hydrogens (tertiary/aromatic N) is 2. The predicted octanol–water partition coefficient (Wildman–Crippen LogP) is 1.54. The molecule has 0 radical (unpaired) electrons. The van der Waals surface area contributed by atoms with Crippen LogP contribution in [0.4, 0.5) is 4.79 Å². The number of amides is 2. The summed E-state index contributed by atoms with van der Waals surface area (Å²) in [5.74, 6) is -0.0451. The first-order chi connectivity index (χ1) is 9.13. The van der Waals surface area contributed by atoms with Crippen molar-refractivity contribution in [1.29, 1.82) is 0 Å². The lowest BCUT2D eigenvalue weighted by atomic mass is 9.85. The normalized spacial score (nSPS) is 25.8. The molecule has 1 spiro atoms. The molecule has 2 heterocycles. The van der Waals surface area contributed by atoms with E-state index in [2.05, 4.69) is 0 Å². The second-order valence-corrected chi connectivity index (χ2v) is 5.22. The first-order valence-electron chi connectivity index (χ1n) is 6.47. The molecule has 1 N–H and O–H groups in total. The first kappa shape index (κ1) is 12.0. The van der Waals surface area contributed by atoms with Gasteiger partial charge >= 0.3 is 6.09 Å². The van der Waals surface area contributed by atoms with Crippen LogP contribution in [0, 0.1) is 0 Å². The van der Waals surface area contributed by atoms with Gasteiger partial charge in [-0.2, -0.15) is 0 Å². The molecule has 0 bridgehead atoms. The van der Waals surface area contributed by atoms with Crippen molar-refractivity contribution in [3.05, 3.63) is 35.9 Å². The third-order valence-corrected chi connectivity index (χ3v) is 4.07. The highest BCUT2D eigenvalue weighted by molar-refractivity contribution is 5.96. The van der Waals surface area contributed by atoms with Gasteiger partial charge in [0, 0.05) is 13.1 Å². The van der Waals surface area contributed by atoms with Crippen LogP contribution in [0.5, 0.6) is 0 Å². The minimum Gasteiger partial charge on any atom is -0.465 e. The average Bonchev–Trinajstić information content (AvgIpc) is 2.86. The van der Waals surface area contributed by atoms with Crippen LogP contribution in [0.15, 0.2) is 30.3 Å². The summed E-state index contributed by atoms with van der Waals surface area (Å²) in [6.45, 7) is 1.56. The predicted molar refractivity (Wildman–Crippen MR) is 68.6 cm³/mol. The molecule has 1 aromatic carbocycles. The topological polar surface area (TPSA) is 60.9 Å². The molecule has 5 nitrogen and oxygen atoms in total. The first-order valence-corrected chi connectivity index (χ1v) is 6.47. The van der Waals surface area contributed by atoms with Gasteiger partial charge in [0.1, 0.15) is 5.54 Å². The third-order valence-electron chi connectivity index (χ3n) is 4.07. The van der Waals surface area contributed by atoms with Crippen LogP contribution in [-0.4, -0.2) is 45.5 Å². The van der Waals surface area contributed by atoms with Crippen molar-refractivity contribution in [3.8, 4) is 0 Å². The number of carbonyl (C=O) groups is 2. The van der Waals surface area contributed by atoms with Gasteiger partial charge in [0.2, 0.25) is 0 Å². The molecule has 2 fully saturated rings. The molecule has 1 unspecified atom stereocenters. The van der Waals surface area contributed by atoms with E-state index in [1.165, 1.54) is 4.90 Å². The summed E-state index contributed by atoms with van der Waals surface area (Å²) in [6, 6.07) is 9.76. The Bertz CT molecular complexity index is 517. The van der Waals surface area contributed by atoms with Crippen LogP contribution in [0.1, 0.15) is 18.4 Å². The molecule has 2 aliphatic rings. The van der Waals surface area contributed by atoms with E-state index in [0.29, 0.717) is 26.1 Å². The maximum absolute atomic E-state index is 12.3. The summed E-state index contributed by atoms with van der Waals surface area (Å²) in [5, 5.41) is 9.16. The molecule has 3 rings (SSSR count). The van der Waals surface area contributed by atoms with Gasteiger partial charge in [-0.05, 0) is 18.4 Å². The molecular formula is C14H16N2O3. The van der Waals surface area contributed by atoms with Gasteiger partial charge < -0.3 is 10.0 Å². The lowest BCUT2D eigenvalue weighted by Gasteiger charge is -2.50. The number of rotatable bonds is 2. The lowest BCUT2D eigenvalue weighted by Crippen LogP contribution is -2.72. The minimum atomic E-state index is -0.981. The number of β-lactam (4-membered cyclic amide) rings is 1. The van der Waals surface area contributed by atoms with Crippen LogP contribution < -0.4 is 0 Å². The van der Waals surface area contributed by atoms with Gasteiger partial charge in [-0.25, -0.2) is 4.79 Å². The van der Waals surface area contributed by atoms with Crippen molar-refractivity contribution >= 4 is 12.0 Å². The van der Waals surface area contributed by atoms with E-state index < -0.39 is 11.6 Å². The van der Waals surface area contributed by atoms with Gasteiger partial charge in [0.25, 0.3) is 5.91 Å². The minimum absolute atomic E-state index is 0.0451. The van der Waals surface area contributed by atoms with Crippen LogP contribution >= 0.6 is 0 Å². The Hall–Kier alpha value is -2.04. The molecule has 2 saturated heterocycles. The van der Waals surface area contributed by atoms with Gasteiger partial charge in [-0.15, -0.1) is 0 Å². The molecule has 1 atom stereocenters. The van der Waals surface area contributed by atoms with Crippen molar-refractivity contribution in [2.75, 3.05) is 13.1 Å². The summed E-state index contributed by atoms with van der Waals surface area (Å²) in [7, 11) is 0. The summed E-state index contributed by atoms with van der Waals surface area (Å²) in [4.78, 5) is 26.6. The zero-order valence-electron chi connectivity index (χ0n) is 10.6. The van der Waals surface area contributed by atoms with E-state index in [4.69, 9.17) is 5.11 Å². The molecule has 0 aromatic heterocycles. The van der Waals surface area contributed by atoms with Crippen molar-refractivity contribution in [3.63, 3.8) is 0 Å². The highest BCUT2D eigenvalue weighted by Gasteiger charge is 2.59. The molecule has 0 saturated carbocycles. The molecule has 1 aromatic rings. The highest BCUT2D eigenvalue weighted by atomic mass is 16.4. The summed E-state index contributed by atoms with van der Waals surface area (Å²) in [5.41, 5.74) is 0.311. The third kappa shape index (κ3) is 1.77. The van der Waals surface area contributed by atoms with E-state index in [1.807, 2.05) is 30.3 Å². The number of hydrogen-bond donors (Lipinski definition) is 1. The van der Waals surface area contributed by atoms with E-state index in [0.717, 1.165) is 12.0 Å². The van der Waals surface area contributed by atoms with Crippen LogP contribution in [0.3, 0.4) is 0 Å². The largest absolute Gasteiger partial charge is 0.465 e. The summed E-state index contributed by atoms with van der Waals surface area (Å²) >= 11 is 0. The maximum Gasteiger partial charge on any atom is 0.408 e. The van der Waals surface area contributed by atoms with E-state index in [9.17, 15) is 9.59 Å². The Balaban J connectivity index is 1.71. The Labute approximate surface area is 111 Å². The number of carbonyl (C=O) groups excluding carboxylic acids is 1. The zero-order chi connectivity index (χ0) is 13.5. The molecule has 19 heavy (non-hydrogen) atoms. The average molecular weight is 260 g/mol. The molecule has 5 heteroatoms. The van der Waals surface area contributed by atoms with Gasteiger partial charge in [0.05, 0.1) is 6.54 Å². The molecule has 2 amide bonds. The SMILES string of the molecule is O=C(O)N1CCCC12CN(Cc1ccccc1)C2=O. The lowest BCUT2D eigenvalue weighted by molar-refractivity contribution is -0.160. The Morgan fingerprint density at radius 3 is 2.68 bits per heavy atom. The number of hydrogen-bond acceptors (Lipinski definition) is 2. The van der Waals surface area contributed by atoms with Crippen LogP contribution in [0.25, 0.3) is 0 Å². The van der Waals surface area contributed by atoms with Crippen molar-refractivity contribution in [2.24, 2.45) is 0 Å². The van der Waals surface area contributed by atoms with Crippen molar-refractivity contribution in [2.45, 2.75) is 24.9 Å². The number of carboxylic acid groups (broad SMARTS) is 1. The fourth-order valence-corrected chi connectivity index (χ4v) is 3.13. The van der Waals surface area contributed by atoms with E-state index in [-0.39, 0.29) is 5.91 Å². The van der Waals surface area contributed by atoms with Gasteiger partial charge in [0.15, 0.2) is 0 Å². The fraction of sp³-hybridized carbons (Fsp3) is 0.429. The standard InChI is InChI=1S/C14H16N2O3/c17-12-14(7-4-8-16(14)13(18)19)10-15(12)9-11-5-2-1-3-6-11/h1-3,5-6H,4,7-10H2,(H,18,19). The number of likely N-dealkylation sites (tertiary alicyclic amines) is 2. The zero-order valence-corrected chi connectivity index (χ0v) is 10.6. The molecule has 100 valence electrons. The Morgan fingerprint density at radius 1 is 1.32 bits per heavy atom. The molecule has 2 aliphatic heterocycles. The maximum atomic E-state index is 12.3. The smallest absolute Gasteiger partial charge is 0.408 e. The Kier molecular flexibility index (Phi) is 2.69. The van der Waals surface area contributed by atoms with Gasteiger partial charge in [-0.3, -0.25) is 9.69 Å². The van der Waals surface area contributed by atoms with Crippen LogP contribution in [0.2, 0.25) is 0 Å². The second kappa shape index (κ2) is 4.26. The van der Waals surface area contributed by atoms with Crippen molar-refractivity contribution < 1.29 is 14.7 Å². The quantitative estimate of drug-likeness (QED) is 0.820. The number of benzene rings is 1. The highest BCUT2D eigenvalue weighted by Crippen LogP contribution is 2.39. The molecule has 0 aliphatic carbocycles. The second-order valence-electron chi connectivity index (χ2n) is 5.22.